The fraction of sp³-hybridized carbons (Fsp3) is 0.348. The molecule has 0 fully saturated rings. The van der Waals surface area contributed by atoms with Gasteiger partial charge < -0.3 is 19.5 Å². The van der Waals surface area contributed by atoms with Crippen molar-refractivity contribution >= 4 is 33.5 Å². The van der Waals surface area contributed by atoms with Gasteiger partial charge in [-0.25, -0.2) is 5.43 Å². The Morgan fingerprint density at radius 2 is 1.72 bits per heavy atom. The number of hydrogen-bond donors (Lipinski definition) is 2. The molecule has 0 radical (unpaired) electrons. The van der Waals surface area contributed by atoms with Crippen LogP contribution in [0.4, 0.5) is 0 Å². The molecule has 172 valence electrons. The lowest BCUT2D eigenvalue weighted by Crippen LogP contribution is -2.29. The Balaban J connectivity index is 1.71. The second-order valence-corrected chi connectivity index (χ2v) is 7.93. The van der Waals surface area contributed by atoms with E-state index < -0.39 is 5.91 Å². The molecule has 0 bridgehead atoms. The molecule has 8 nitrogen and oxygen atoms in total. The summed E-state index contributed by atoms with van der Waals surface area (Å²) in [7, 11) is 3.16. The summed E-state index contributed by atoms with van der Waals surface area (Å²) >= 11 is 3.40. The molecule has 2 amide bonds. The zero-order chi connectivity index (χ0) is 23.5. The van der Waals surface area contributed by atoms with E-state index in [1.54, 1.807) is 27.2 Å². The number of benzene rings is 2. The van der Waals surface area contributed by atoms with Gasteiger partial charge in [0.2, 0.25) is 5.91 Å². The molecule has 0 aliphatic carbocycles. The minimum absolute atomic E-state index is 0.0799. The van der Waals surface area contributed by atoms with Gasteiger partial charge in [0.1, 0.15) is 5.75 Å². The molecule has 2 aromatic rings. The van der Waals surface area contributed by atoms with Crippen molar-refractivity contribution in [1.82, 2.24) is 10.7 Å². The van der Waals surface area contributed by atoms with Gasteiger partial charge in [-0.05, 0) is 71.6 Å². The van der Waals surface area contributed by atoms with Crippen LogP contribution in [0.3, 0.4) is 0 Å². The van der Waals surface area contributed by atoms with Crippen LogP contribution in [0.15, 0.2) is 46.0 Å². The summed E-state index contributed by atoms with van der Waals surface area (Å²) in [4.78, 5) is 24.0. The van der Waals surface area contributed by atoms with Crippen LogP contribution in [0.2, 0.25) is 0 Å². The van der Waals surface area contributed by atoms with Crippen molar-refractivity contribution in [1.29, 1.82) is 0 Å². The molecule has 0 heterocycles. The number of halogens is 1. The Labute approximate surface area is 196 Å². The van der Waals surface area contributed by atoms with Crippen LogP contribution in [0.25, 0.3) is 0 Å². The molecule has 0 spiro atoms. The smallest absolute Gasteiger partial charge is 0.277 e. The minimum Gasteiger partial charge on any atom is -0.493 e. The van der Waals surface area contributed by atoms with Crippen molar-refractivity contribution in [2.75, 3.05) is 27.4 Å². The molecule has 9 heteroatoms. The molecular formula is C23H28BrN3O5. The minimum atomic E-state index is -0.411. The van der Waals surface area contributed by atoms with Crippen molar-refractivity contribution in [2.45, 2.75) is 26.7 Å². The summed E-state index contributed by atoms with van der Waals surface area (Å²) < 4.78 is 16.7. The van der Waals surface area contributed by atoms with E-state index in [4.69, 9.17) is 14.2 Å². The summed E-state index contributed by atoms with van der Waals surface area (Å²) in [6, 6.07) is 11.2. The quantitative estimate of drug-likeness (QED) is 0.360. The third kappa shape index (κ3) is 8.22. The number of amides is 2. The number of nitrogens with zero attached hydrogens (tertiary/aromatic N) is 1. The zero-order valence-electron chi connectivity index (χ0n) is 18.7. The predicted octanol–water partition coefficient (Wildman–Crippen LogP) is 3.39. The topological polar surface area (TPSA) is 98.2 Å². The summed E-state index contributed by atoms with van der Waals surface area (Å²) in [5, 5.41) is 6.79. The van der Waals surface area contributed by atoms with Gasteiger partial charge in [-0.1, -0.05) is 12.1 Å². The van der Waals surface area contributed by atoms with Crippen molar-refractivity contribution in [3.63, 3.8) is 0 Å². The highest BCUT2D eigenvalue weighted by atomic mass is 79.9. The molecule has 2 rings (SSSR count). The molecular weight excluding hydrogens is 478 g/mol. The van der Waals surface area contributed by atoms with E-state index in [2.05, 4.69) is 31.8 Å². The van der Waals surface area contributed by atoms with Gasteiger partial charge in [-0.3, -0.25) is 9.59 Å². The number of hydrazone groups is 1. The molecule has 2 aromatic carbocycles. The van der Waals surface area contributed by atoms with Crippen LogP contribution in [-0.2, 0) is 16.0 Å². The standard InChI is InChI=1S/C23H28BrN3O5/c1-15-5-7-19(18(24)11-15)32-14-23(29)27-26-16(2)12-22(28)25-10-9-17-6-8-20(30-3)21(13-17)31-4/h5-8,11,13H,9-10,12,14H2,1-4H3,(H,25,28)(H,27,29). The highest BCUT2D eigenvalue weighted by Gasteiger charge is 2.08. The second-order valence-electron chi connectivity index (χ2n) is 7.07. The molecule has 32 heavy (non-hydrogen) atoms. The summed E-state index contributed by atoms with van der Waals surface area (Å²) in [6.45, 7) is 3.92. The SMILES string of the molecule is COc1ccc(CCNC(=O)CC(C)=NNC(=O)COc2ccc(C)cc2Br)cc1OC. The zero-order valence-corrected chi connectivity index (χ0v) is 20.2. The predicted molar refractivity (Wildman–Crippen MR) is 127 cm³/mol. The van der Waals surface area contributed by atoms with Gasteiger partial charge in [0, 0.05) is 12.3 Å². The summed E-state index contributed by atoms with van der Waals surface area (Å²) in [5.74, 6) is 1.28. The van der Waals surface area contributed by atoms with Crippen molar-refractivity contribution in [3.05, 3.63) is 52.0 Å². The van der Waals surface area contributed by atoms with Gasteiger partial charge in [-0.15, -0.1) is 0 Å². The van der Waals surface area contributed by atoms with E-state index in [0.717, 1.165) is 15.6 Å². The van der Waals surface area contributed by atoms with Crippen LogP contribution < -0.4 is 25.0 Å². The first-order chi connectivity index (χ1) is 15.3. The lowest BCUT2D eigenvalue weighted by molar-refractivity contribution is -0.123. The van der Waals surface area contributed by atoms with Crippen molar-refractivity contribution in [2.24, 2.45) is 5.10 Å². The summed E-state index contributed by atoms with van der Waals surface area (Å²) in [6.07, 6.45) is 0.724. The van der Waals surface area contributed by atoms with Crippen LogP contribution in [0.5, 0.6) is 17.2 Å². The number of carbonyl (C=O) groups is 2. The van der Waals surface area contributed by atoms with Gasteiger partial charge in [0.05, 0.1) is 25.1 Å². The monoisotopic (exact) mass is 505 g/mol. The molecule has 0 unspecified atom stereocenters. The Bertz CT molecular complexity index is 978. The van der Waals surface area contributed by atoms with Crippen LogP contribution in [0.1, 0.15) is 24.5 Å². The fourth-order valence-corrected chi connectivity index (χ4v) is 3.38. The number of nitrogens with one attached hydrogen (secondary N) is 2. The normalized spacial score (nSPS) is 11.0. The molecule has 0 aliphatic heterocycles. The maximum atomic E-state index is 12.1. The molecule has 0 saturated heterocycles. The Kier molecular flexibility index (Phi) is 10.0. The lowest BCUT2D eigenvalue weighted by atomic mass is 10.1. The maximum absolute atomic E-state index is 12.1. The fourth-order valence-electron chi connectivity index (χ4n) is 2.77. The van der Waals surface area contributed by atoms with Crippen LogP contribution in [0, 0.1) is 6.92 Å². The first kappa shape index (κ1) is 25.2. The number of carbonyl (C=O) groups excluding carboxylic acids is 2. The van der Waals surface area contributed by atoms with Gasteiger partial charge in [-0.2, -0.15) is 5.10 Å². The van der Waals surface area contributed by atoms with E-state index >= 15 is 0 Å². The molecule has 2 N–H and O–H groups in total. The van der Waals surface area contributed by atoms with Crippen LogP contribution >= 0.6 is 15.9 Å². The molecule has 0 atom stereocenters. The van der Waals surface area contributed by atoms with Crippen molar-refractivity contribution < 1.29 is 23.8 Å². The Hall–Kier alpha value is -3.07. The third-order valence-corrected chi connectivity index (χ3v) is 5.04. The maximum Gasteiger partial charge on any atom is 0.277 e. The van der Waals surface area contributed by atoms with Crippen LogP contribution in [-0.4, -0.2) is 44.9 Å². The Morgan fingerprint density at radius 3 is 2.41 bits per heavy atom. The van der Waals surface area contributed by atoms with E-state index in [-0.39, 0.29) is 18.9 Å². The van der Waals surface area contributed by atoms with Crippen molar-refractivity contribution in [3.8, 4) is 17.2 Å². The van der Waals surface area contributed by atoms with Gasteiger partial charge >= 0.3 is 0 Å². The highest BCUT2D eigenvalue weighted by Crippen LogP contribution is 2.27. The van der Waals surface area contributed by atoms with E-state index in [1.165, 1.54) is 0 Å². The number of ether oxygens (including phenoxy) is 3. The lowest BCUT2D eigenvalue weighted by Gasteiger charge is -2.10. The highest BCUT2D eigenvalue weighted by molar-refractivity contribution is 9.10. The number of methoxy groups -OCH3 is 2. The van der Waals surface area contributed by atoms with Gasteiger partial charge in [0.15, 0.2) is 18.1 Å². The van der Waals surface area contributed by atoms with E-state index in [1.807, 2.05) is 37.3 Å². The third-order valence-electron chi connectivity index (χ3n) is 4.42. The first-order valence-electron chi connectivity index (χ1n) is 10.0. The Morgan fingerprint density at radius 1 is 1.00 bits per heavy atom. The number of rotatable bonds is 11. The first-order valence-corrected chi connectivity index (χ1v) is 10.8. The average Bonchev–Trinajstić information content (AvgIpc) is 2.76. The number of hydrogen-bond acceptors (Lipinski definition) is 6. The molecule has 0 aliphatic rings. The summed E-state index contributed by atoms with van der Waals surface area (Å²) in [5.41, 5.74) is 4.98. The molecule has 0 saturated carbocycles. The largest absolute Gasteiger partial charge is 0.493 e. The number of aryl methyl sites for hydroxylation is 1. The van der Waals surface area contributed by atoms with E-state index in [0.29, 0.717) is 35.9 Å². The van der Waals surface area contributed by atoms with Gasteiger partial charge in [0.25, 0.3) is 5.91 Å². The van der Waals surface area contributed by atoms with E-state index in [9.17, 15) is 9.59 Å². The molecule has 0 aromatic heterocycles. The second kappa shape index (κ2) is 12.7. The average molecular weight is 506 g/mol.